The van der Waals surface area contributed by atoms with E-state index in [1.807, 2.05) is 35.8 Å². The molecule has 9 heteroatoms. The first-order valence-electron chi connectivity index (χ1n) is 6.40. The fourth-order valence-electron chi connectivity index (χ4n) is 1.84. The molecule has 0 fully saturated rings. The summed E-state index contributed by atoms with van der Waals surface area (Å²) in [5, 5.41) is 3.79. The molecule has 0 spiro atoms. The summed E-state index contributed by atoms with van der Waals surface area (Å²) in [4.78, 5) is 6.10. The van der Waals surface area contributed by atoms with Crippen molar-refractivity contribution >= 4 is 27.6 Å². The molecule has 0 saturated heterocycles. The number of hydrogen-bond acceptors (Lipinski definition) is 3. The summed E-state index contributed by atoms with van der Waals surface area (Å²) in [6, 6.07) is 1.90. The lowest BCUT2D eigenvalue weighted by atomic mass is 10.4. The van der Waals surface area contributed by atoms with Gasteiger partial charge in [-0.05, 0) is 6.07 Å². The number of sulfonamides is 1. The summed E-state index contributed by atoms with van der Waals surface area (Å²) in [6.45, 7) is 1.40. The number of nitrogens with zero attached hydrogens (tertiary/aromatic N) is 3. The second kappa shape index (κ2) is 7.67. The number of aryl methyl sites for hydroxylation is 1. The van der Waals surface area contributed by atoms with E-state index >= 15 is 0 Å². The third-order valence-electron chi connectivity index (χ3n) is 2.82. The second-order valence-electron chi connectivity index (χ2n) is 4.76. The molecule has 21 heavy (non-hydrogen) atoms. The van der Waals surface area contributed by atoms with Crippen LogP contribution in [0.4, 0.5) is 0 Å². The quantitative estimate of drug-likeness (QED) is 0.443. The molecule has 1 aromatic rings. The SMILES string of the molecule is CN=C(NCCNS(C)(=O)=O)N(C)Cc1cc(Cl)cn1C. The Kier molecular flexibility index (Phi) is 6.50. The van der Waals surface area contributed by atoms with E-state index in [4.69, 9.17) is 11.6 Å². The Morgan fingerprint density at radius 2 is 2.14 bits per heavy atom. The number of aromatic nitrogens is 1. The van der Waals surface area contributed by atoms with Gasteiger partial charge in [-0.3, -0.25) is 4.99 Å². The predicted octanol–water partition coefficient (Wildman–Crippen LogP) is 0.235. The average Bonchev–Trinajstić information content (AvgIpc) is 2.66. The van der Waals surface area contributed by atoms with Gasteiger partial charge in [0.15, 0.2) is 5.96 Å². The highest BCUT2D eigenvalue weighted by atomic mass is 35.5. The summed E-state index contributed by atoms with van der Waals surface area (Å²) in [6.07, 6.45) is 2.98. The summed E-state index contributed by atoms with van der Waals surface area (Å²) >= 11 is 5.96. The molecule has 1 aromatic heterocycles. The van der Waals surface area contributed by atoms with Crippen LogP contribution in [0.3, 0.4) is 0 Å². The minimum absolute atomic E-state index is 0.307. The number of halogens is 1. The third kappa shape index (κ3) is 6.36. The first-order valence-corrected chi connectivity index (χ1v) is 8.67. The Morgan fingerprint density at radius 1 is 1.48 bits per heavy atom. The molecular formula is C12H22ClN5O2S. The zero-order chi connectivity index (χ0) is 16.0. The molecule has 0 bridgehead atoms. The molecule has 7 nitrogen and oxygen atoms in total. The van der Waals surface area contributed by atoms with E-state index in [9.17, 15) is 8.42 Å². The van der Waals surface area contributed by atoms with Crippen LogP contribution in [0.15, 0.2) is 17.3 Å². The molecule has 0 atom stereocenters. The van der Waals surface area contributed by atoms with Gasteiger partial charge in [0, 0.05) is 46.1 Å². The molecule has 0 aliphatic rings. The van der Waals surface area contributed by atoms with Crippen molar-refractivity contribution in [2.75, 3.05) is 33.4 Å². The zero-order valence-electron chi connectivity index (χ0n) is 12.7. The third-order valence-corrected chi connectivity index (χ3v) is 3.75. The topological polar surface area (TPSA) is 78.7 Å². The first kappa shape index (κ1) is 17.8. The minimum Gasteiger partial charge on any atom is -0.355 e. The summed E-state index contributed by atoms with van der Waals surface area (Å²) in [5.74, 6) is 0.683. The molecule has 0 amide bonds. The highest BCUT2D eigenvalue weighted by molar-refractivity contribution is 7.88. The standard InChI is InChI=1S/C12H22ClN5O2S/c1-14-12(15-5-6-16-21(4,19)20)18(3)9-11-7-10(13)8-17(11)2/h7-8,16H,5-6,9H2,1-4H3,(H,14,15). The van der Waals surface area contributed by atoms with E-state index in [0.717, 1.165) is 11.9 Å². The molecule has 2 N–H and O–H groups in total. The van der Waals surface area contributed by atoms with E-state index in [1.54, 1.807) is 7.05 Å². The van der Waals surface area contributed by atoms with Gasteiger partial charge < -0.3 is 14.8 Å². The lowest BCUT2D eigenvalue weighted by molar-refractivity contribution is 0.462. The number of rotatable bonds is 6. The summed E-state index contributed by atoms with van der Waals surface area (Å²) in [7, 11) is 2.35. The molecule has 0 radical (unpaired) electrons. The largest absolute Gasteiger partial charge is 0.355 e. The molecule has 0 unspecified atom stereocenters. The Hall–Kier alpha value is -1.25. The fourth-order valence-corrected chi connectivity index (χ4v) is 2.58. The van der Waals surface area contributed by atoms with Gasteiger partial charge in [-0.2, -0.15) is 0 Å². The predicted molar refractivity (Wildman–Crippen MR) is 86.1 cm³/mol. The molecule has 0 aliphatic carbocycles. The van der Waals surface area contributed by atoms with Gasteiger partial charge in [0.1, 0.15) is 0 Å². The van der Waals surface area contributed by atoms with E-state index in [1.165, 1.54) is 0 Å². The average molecular weight is 336 g/mol. The van der Waals surface area contributed by atoms with Gasteiger partial charge in [-0.15, -0.1) is 0 Å². The van der Waals surface area contributed by atoms with Crippen LogP contribution in [0.5, 0.6) is 0 Å². The van der Waals surface area contributed by atoms with Crippen LogP contribution >= 0.6 is 11.6 Å². The molecule has 1 heterocycles. The minimum atomic E-state index is -3.16. The van der Waals surface area contributed by atoms with Crippen LogP contribution in [0.2, 0.25) is 5.02 Å². The van der Waals surface area contributed by atoms with Crippen LogP contribution in [0, 0.1) is 0 Å². The van der Waals surface area contributed by atoms with Crippen LogP contribution in [0.25, 0.3) is 0 Å². The van der Waals surface area contributed by atoms with Crippen molar-refractivity contribution in [3.63, 3.8) is 0 Å². The molecular weight excluding hydrogens is 314 g/mol. The van der Waals surface area contributed by atoms with Crippen molar-refractivity contribution in [2.45, 2.75) is 6.54 Å². The van der Waals surface area contributed by atoms with Crippen LogP contribution in [0.1, 0.15) is 5.69 Å². The molecule has 0 saturated carbocycles. The first-order chi connectivity index (χ1) is 9.73. The van der Waals surface area contributed by atoms with Crippen molar-refractivity contribution in [3.8, 4) is 0 Å². The lowest BCUT2D eigenvalue weighted by Gasteiger charge is -2.22. The van der Waals surface area contributed by atoms with Crippen LogP contribution in [-0.2, 0) is 23.6 Å². The molecule has 120 valence electrons. The van der Waals surface area contributed by atoms with Gasteiger partial charge in [-0.1, -0.05) is 11.6 Å². The van der Waals surface area contributed by atoms with E-state index in [2.05, 4.69) is 15.0 Å². The maximum absolute atomic E-state index is 11.0. The molecule has 0 aliphatic heterocycles. The van der Waals surface area contributed by atoms with Gasteiger partial charge in [0.2, 0.25) is 10.0 Å². The van der Waals surface area contributed by atoms with Crippen molar-refractivity contribution in [1.82, 2.24) is 19.5 Å². The van der Waals surface area contributed by atoms with Gasteiger partial charge in [0.05, 0.1) is 17.8 Å². The summed E-state index contributed by atoms with van der Waals surface area (Å²) in [5.41, 5.74) is 1.06. The monoisotopic (exact) mass is 335 g/mol. The number of guanidine groups is 1. The van der Waals surface area contributed by atoms with Crippen molar-refractivity contribution in [1.29, 1.82) is 0 Å². The molecule has 1 rings (SSSR count). The highest BCUT2D eigenvalue weighted by Crippen LogP contribution is 2.14. The number of hydrogen-bond donors (Lipinski definition) is 2. The second-order valence-corrected chi connectivity index (χ2v) is 7.03. The zero-order valence-corrected chi connectivity index (χ0v) is 14.3. The Balaban J connectivity index is 2.50. The number of nitrogens with one attached hydrogen (secondary N) is 2. The number of aliphatic imine (C=N–C) groups is 1. The fraction of sp³-hybridized carbons (Fsp3) is 0.583. The van der Waals surface area contributed by atoms with Crippen molar-refractivity contribution < 1.29 is 8.42 Å². The Bertz CT molecular complexity index is 597. The Morgan fingerprint density at radius 3 is 2.62 bits per heavy atom. The van der Waals surface area contributed by atoms with Crippen molar-refractivity contribution in [2.24, 2.45) is 12.0 Å². The van der Waals surface area contributed by atoms with E-state index in [0.29, 0.717) is 30.6 Å². The van der Waals surface area contributed by atoms with Crippen LogP contribution in [-0.4, -0.2) is 57.3 Å². The van der Waals surface area contributed by atoms with Gasteiger partial charge in [0.25, 0.3) is 0 Å². The highest BCUT2D eigenvalue weighted by Gasteiger charge is 2.09. The van der Waals surface area contributed by atoms with Crippen LogP contribution < -0.4 is 10.0 Å². The van der Waals surface area contributed by atoms with Crippen molar-refractivity contribution in [3.05, 3.63) is 23.0 Å². The van der Waals surface area contributed by atoms with Gasteiger partial charge in [-0.25, -0.2) is 13.1 Å². The normalized spacial score (nSPS) is 12.5. The lowest BCUT2D eigenvalue weighted by Crippen LogP contribution is -2.42. The smallest absolute Gasteiger partial charge is 0.208 e. The maximum atomic E-state index is 11.0. The maximum Gasteiger partial charge on any atom is 0.208 e. The van der Waals surface area contributed by atoms with E-state index in [-0.39, 0.29) is 0 Å². The van der Waals surface area contributed by atoms with Gasteiger partial charge >= 0.3 is 0 Å². The molecule has 0 aromatic carbocycles. The van der Waals surface area contributed by atoms with E-state index < -0.39 is 10.0 Å². The summed E-state index contributed by atoms with van der Waals surface area (Å²) < 4.78 is 26.3. The Labute approximate surface area is 131 Å².